The molecule has 1 unspecified atom stereocenters. The van der Waals surface area contributed by atoms with Crippen LogP contribution in [0.25, 0.3) is 0 Å². The number of hydrogen-bond donors (Lipinski definition) is 1. The van der Waals surface area contributed by atoms with Crippen molar-refractivity contribution >= 4 is 5.91 Å². The molecule has 4 nitrogen and oxygen atoms in total. The Labute approximate surface area is 119 Å². The Kier molecular flexibility index (Phi) is 4.30. The summed E-state index contributed by atoms with van der Waals surface area (Å²) in [7, 11) is 0. The van der Waals surface area contributed by atoms with Crippen LogP contribution < -0.4 is 5.32 Å². The van der Waals surface area contributed by atoms with Crippen LogP contribution >= 0.6 is 0 Å². The summed E-state index contributed by atoms with van der Waals surface area (Å²) >= 11 is 0. The van der Waals surface area contributed by atoms with Crippen molar-refractivity contribution in [2.24, 2.45) is 0 Å². The molecule has 0 aliphatic heterocycles. The Morgan fingerprint density at radius 3 is 2.71 bits per heavy atom. The molecule has 0 radical (unpaired) electrons. The third-order valence-corrected chi connectivity index (χ3v) is 2.90. The van der Waals surface area contributed by atoms with E-state index in [1.165, 1.54) is 18.2 Å². The molecular weight excluding hydrogens is 283 g/mol. The monoisotopic (exact) mass is 297 g/mol. The first-order valence-electron chi connectivity index (χ1n) is 6.31. The number of nitrogens with zero attached hydrogens (tertiary/aromatic N) is 2. The average molecular weight is 297 g/mol. The fourth-order valence-electron chi connectivity index (χ4n) is 1.99. The summed E-state index contributed by atoms with van der Waals surface area (Å²) in [6, 6.07) is 4.41. The molecule has 2 rings (SSSR count). The van der Waals surface area contributed by atoms with Gasteiger partial charge in [0.1, 0.15) is 0 Å². The van der Waals surface area contributed by atoms with Gasteiger partial charge in [0.15, 0.2) is 0 Å². The van der Waals surface area contributed by atoms with E-state index in [1.807, 2.05) is 0 Å². The number of rotatable bonds is 4. The second-order valence-electron chi connectivity index (χ2n) is 4.68. The van der Waals surface area contributed by atoms with Gasteiger partial charge >= 0.3 is 6.18 Å². The number of nitrogens with one attached hydrogen (secondary N) is 1. The molecule has 0 spiro atoms. The van der Waals surface area contributed by atoms with Gasteiger partial charge in [-0.1, -0.05) is 12.1 Å². The largest absolute Gasteiger partial charge is 0.417 e. The molecule has 1 aromatic carbocycles. The van der Waals surface area contributed by atoms with Gasteiger partial charge < -0.3 is 9.88 Å². The number of amides is 1. The molecule has 7 heteroatoms. The van der Waals surface area contributed by atoms with Gasteiger partial charge in [-0.3, -0.25) is 4.79 Å². The minimum Gasteiger partial charge on any atom is -0.348 e. The van der Waals surface area contributed by atoms with Gasteiger partial charge in [0.25, 0.3) is 5.91 Å². The first-order valence-corrected chi connectivity index (χ1v) is 6.31. The topological polar surface area (TPSA) is 46.9 Å². The number of halogens is 3. The number of benzene rings is 1. The quantitative estimate of drug-likeness (QED) is 0.943. The lowest BCUT2D eigenvalue weighted by molar-refractivity contribution is -0.137. The molecule has 2 aromatic rings. The maximum atomic E-state index is 12.9. The van der Waals surface area contributed by atoms with Crippen LogP contribution in [0.1, 0.15) is 22.8 Å². The lowest BCUT2D eigenvalue weighted by Crippen LogP contribution is -2.36. The minimum atomic E-state index is -4.55. The van der Waals surface area contributed by atoms with Gasteiger partial charge in [0, 0.05) is 25.0 Å². The summed E-state index contributed by atoms with van der Waals surface area (Å²) in [4.78, 5) is 15.9. The Morgan fingerprint density at radius 2 is 2.10 bits per heavy atom. The normalized spacial score (nSPS) is 13.0. The van der Waals surface area contributed by atoms with Crippen molar-refractivity contribution in [3.05, 3.63) is 54.1 Å². The van der Waals surface area contributed by atoms with Crippen molar-refractivity contribution in [1.82, 2.24) is 14.9 Å². The Hall–Kier alpha value is -2.31. The van der Waals surface area contributed by atoms with Crippen molar-refractivity contribution in [1.29, 1.82) is 0 Å². The highest BCUT2D eigenvalue weighted by molar-refractivity contribution is 5.96. The number of carbonyl (C=O) groups excluding carboxylic acids is 1. The lowest BCUT2D eigenvalue weighted by atomic mass is 10.1. The molecule has 1 aromatic heterocycles. The van der Waals surface area contributed by atoms with Gasteiger partial charge in [-0.15, -0.1) is 0 Å². The number of imidazole rings is 1. The zero-order valence-electron chi connectivity index (χ0n) is 11.3. The molecule has 1 N–H and O–H groups in total. The molecular formula is C14H14F3N3O. The lowest BCUT2D eigenvalue weighted by Gasteiger charge is -2.17. The zero-order valence-corrected chi connectivity index (χ0v) is 11.3. The molecule has 0 fully saturated rings. The van der Waals surface area contributed by atoms with Crippen LogP contribution in [-0.2, 0) is 12.7 Å². The number of carbonyl (C=O) groups is 1. The molecule has 21 heavy (non-hydrogen) atoms. The van der Waals surface area contributed by atoms with E-state index in [-0.39, 0.29) is 11.6 Å². The first-order chi connectivity index (χ1) is 9.88. The van der Waals surface area contributed by atoms with E-state index >= 15 is 0 Å². The Bertz CT molecular complexity index is 608. The molecule has 1 heterocycles. The molecule has 0 aliphatic rings. The second-order valence-corrected chi connectivity index (χ2v) is 4.68. The van der Waals surface area contributed by atoms with Crippen molar-refractivity contribution in [2.75, 3.05) is 0 Å². The molecule has 1 amide bonds. The van der Waals surface area contributed by atoms with Gasteiger partial charge in [-0.25, -0.2) is 4.98 Å². The van der Waals surface area contributed by atoms with E-state index in [2.05, 4.69) is 10.3 Å². The average Bonchev–Trinajstić information content (AvgIpc) is 2.90. The molecule has 0 saturated carbocycles. The molecule has 1 atom stereocenters. The van der Waals surface area contributed by atoms with E-state index < -0.39 is 17.6 Å². The van der Waals surface area contributed by atoms with Crippen molar-refractivity contribution < 1.29 is 18.0 Å². The van der Waals surface area contributed by atoms with Gasteiger partial charge in [-0.05, 0) is 19.1 Å². The summed E-state index contributed by atoms with van der Waals surface area (Å²) in [5, 5.41) is 2.56. The van der Waals surface area contributed by atoms with E-state index in [4.69, 9.17) is 0 Å². The highest BCUT2D eigenvalue weighted by Gasteiger charge is 2.34. The Balaban J connectivity index is 2.10. The fraction of sp³-hybridized carbons (Fsp3) is 0.286. The maximum Gasteiger partial charge on any atom is 0.417 e. The Morgan fingerprint density at radius 1 is 1.38 bits per heavy atom. The predicted molar refractivity (Wildman–Crippen MR) is 70.6 cm³/mol. The fourth-order valence-corrected chi connectivity index (χ4v) is 1.99. The highest BCUT2D eigenvalue weighted by Crippen LogP contribution is 2.31. The van der Waals surface area contributed by atoms with Crippen LogP contribution in [0, 0.1) is 0 Å². The molecule has 0 bridgehead atoms. The molecule has 0 aliphatic carbocycles. The third kappa shape index (κ3) is 3.84. The van der Waals surface area contributed by atoms with Crippen LogP contribution in [0.5, 0.6) is 0 Å². The van der Waals surface area contributed by atoms with E-state index in [1.54, 1.807) is 30.2 Å². The van der Waals surface area contributed by atoms with Crippen molar-refractivity contribution in [2.45, 2.75) is 25.7 Å². The summed E-state index contributed by atoms with van der Waals surface area (Å²) in [6.07, 6.45) is 0.327. The van der Waals surface area contributed by atoms with Crippen LogP contribution in [0.3, 0.4) is 0 Å². The SMILES string of the molecule is CC(Cn1ccnc1)NC(=O)c1ccccc1C(F)(F)F. The minimum absolute atomic E-state index is 0.326. The molecule has 0 saturated heterocycles. The van der Waals surface area contributed by atoms with Crippen molar-refractivity contribution in [3.8, 4) is 0 Å². The van der Waals surface area contributed by atoms with Gasteiger partial charge in [-0.2, -0.15) is 13.2 Å². The van der Waals surface area contributed by atoms with Crippen molar-refractivity contribution in [3.63, 3.8) is 0 Å². The highest BCUT2D eigenvalue weighted by atomic mass is 19.4. The van der Waals surface area contributed by atoms with Crippen LogP contribution in [0.4, 0.5) is 13.2 Å². The van der Waals surface area contributed by atoms with Crippen LogP contribution in [0.15, 0.2) is 43.0 Å². The number of aromatic nitrogens is 2. The second kappa shape index (κ2) is 5.99. The van der Waals surface area contributed by atoms with E-state index in [0.29, 0.717) is 6.54 Å². The summed E-state index contributed by atoms with van der Waals surface area (Å²) in [5.41, 5.74) is -1.31. The van der Waals surface area contributed by atoms with Crippen LogP contribution in [-0.4, -0.2) is 21.5 Å². The molecule has 112 valence electrons. The maximum absolute atomic E-state index is 12.9. The standard InChI is InChI=1S/C14H14F3N3O/c1-10(8-20-7-6-18-9-20)19-13(21)11-4-2-3-5-12(11)14(15,16)17/h2-7,9-10H,8H2,1H3,(H,19,21). The van der Waals surface area contributed by atoms with E-state index in [0.717, 1.165) is 6.07 Å². The first kappa shape index (κ1) is 15.1. The third-order valence-electron chi connectivity index (χ3n) is 2.90. The number of hydrogen-bond acceptors (Lipinski definition) is 2. The van der Waals surface area contributed by atoms with E-state index in [9.17, 15) is 18.0 Å². The summed E-state index contributed by atoms with van der Waals surface area (Å²) in [6.45, 7) is 2.15. The predicted octanol–water partition coefficient (Wildman–Crippen LogP) is 2.72. The smallest absolute Gasteiger partial charge is 0.348 e. The van der Waals surface area contributed by atoms with Gasteiger partial charge in [0.2, 0.25) is 0 Å². The summed E-state index contributed by atoms with van der Waals surface area (Å²) < 4.78 is 40.3. The summed E-state index contributed by atoms with van der Waals surface area (Å²) in [5.74, 6) is -0.740. The van der Waals surface area contributed by atoms with Gasteiger partial charge in [0.05, 0.1) is 17.5 Å². The zero-order chi connectivity index (χ0) is 15.5. The van der Waals surface area contributed by atoms with Crippen LogP contribution in [0.2, 0.25) is 0 Å². The number of alkyl halides is 3.